The number of methoxy groups -OCH3 is 1. The van der Waals surface area contributed by atoms with E-state index in [4.69, 9.17) is 4.74 Å². The second-order valence-corrected chi connectivity index (χ2v) is 6.10. The van der Waals surface area contributed by atoms with E-state index in [1.54, 1.807) is 61.5 Å². The maximum atomic E-state index is 14.2. The molecule has 0 unspecified atom stereocenters. The summed E-state index contributed by atoms with van der Waals surface area (Å²) in [6, 6.07) is 15.0. The second kappa shape index (κ2) is 8.12. The lowest BCUT2D eigenvalue weighted by atomic mass is 10.0. The van der Waals surface area contributed by atoms with Gasteiger partial charge in [0.15, 0.2) is 11.6 Å². The van der Waals surface area contributed by atoms with Crippen molar-refractivity contribution >= 4 is 12.2 Å². The van der Waals surface area contributed by atoms with E-state index in [0.717, 1.165) is 11.1 Å². The van der Waals surface area contributed by atoms with Crippen LogP contribution in [0.1, 0.15) is 23.6 Å². The van der Waals surface area contributed by atoms with Crippen LogP contribution < -0.4 is 4.74 Å². The summed E-state index contributed by atoms with van der Waals surface area (Å²) in [5.74, 6) is -1.56. The van der Waals surface area contributed by atoms with Crippen molar-refractivity contribution in [2.24, 2.45) is 0 Å². The molecule has 0 aromatic heterocycles. The van der Waals surface area contributed by atoms with E-state index in [9.17, 15) is 13.2 Å². The summed E-state index contributed by atoms with van der Waals surface area (Å²) in [6.45, 7) is 1.78. The molecule has 0 amide bonds. The molecule has 27 heavy (non-hydrogen) atoms. The fourth-order valence-corrected chi connectivity index (χ4v) is 2.82. The van der Waals surface area contributed by atoms with Crippen LogP contribution in [0.3, 0.4) is 0 Å². The third-order valence-corrected chi connectivity index (χ3v) is 4.43. The Morgan fingerprint density at radius 2 is 1.59 bits per heavy atom. The van der Waals surface area contributed by atoms with Crippen molar-refractivity contribution in [3.8, 4) is 16.9 Å². The van der Waals surface area contributed by atoms with E-state index in [2.05, 4.69) is 0 Å². The molecule has 138 valence electrons. The summed E-state index contributed by atoms with van der Waals surface area (Å²) < 4.78 is 47.1. The van der Waals surface area contributed by atoms with Gasteiger partial charge in [-0.2, -0.15) is 0 Å². The standard InChI is InChI=1S/C23H19F3O/c1-3-16-10-11-18(23(26)22(16)25)9-6-15-4-7-17(8-5-15)20-13-12-19(27-2)14-21(20)24/h4-14H,3H2,1-2H3. The number of rotatable bonds is 5. The molecule has 4 heteroatoms. The van der Waals surface area contributed by atoms with Crippen LogP contribution in [0.15, 0.2) is 54.6 Å². The Morgan fingerprint density at radius 3 is 2.22 bits per heavy atom. The Hall–Kier alpha value is -3.01. The summed E-state index contributed by atoms with van der Waals surface area (Å²) in [7, 11) is 1.49. The van der Waals surface area contributed by atoms with Gasteiger partial charge in [-0.15, -0.1) is 0 Å². The van der Waals surface area contributed by atoms with Crippen LogP contribution in [0, 0.1) is 17.5 Å². The molecule has 0 saturated heterocycles. The van der Waals surface area contributed by atoms with Gasteiger partial charge < -0.3 is 4.74 Å². The minimum Gasteiger partial charge on any atom is -0.497 e. The summed E-state index contributed by atoms with van der Waals surface area (Å²) in [6.07, 6.45) is 3.66. The molecular weight excluding hydrogens is 349 g/mol. The molecule has 3 aromatic carbocycles. The minimum atomic E-state index is -0.845. The van der Waals surface area contributed by atoms with Crippen LogP contribution in [0.5, 0.6) is 5.75 Å². The molecule has 0 bridgehead atoms. The lowest BCUT2D eigenvalue weighted by Crippen LogP contribution is -1.95. The number of hydrogen-bond donors (Lipinski definition) is 0. The van der Waals surface area contributed by atoms with E-state index in [0.29, 0.717) is 23.3 Å². The predicted molar refractivity (Wildman–Crippen MR) is 103 cm³/mol. The van der Waals surface area contributed by atoms with E-state index in [-0.39, 0.29) is 11.4 Å². The zero-order chi connectivity index (χ0) is 19.4. The van der Waals surface area contributed by atoms with E-state index >= 15 is 0 Å². The first-order valence-corrected chi connectivity index (χ1v) is 8.62. The van der Waals surface area contributed by atoms with Crippen molar-refractivity contribution in [3.05, 3.63) is 88.7 Å². The number of hydrogen-bond acceptors (Lipinski definition) is 1. The largest absolute Gasteiger partial charge is 0.497 e. The van der Waals surface area contributed by atoms with Crippen molar-refractivity contribution in [1.29, 1.82) is 0 Å². The van der Waals surface area contributed by atoms with E-state index in [1.165, 1.54) is 19.3 Å². The van der Waals surface area contributed by atoms with Crippen LogP contribution >= 0.6 is 0 Å². The molecule has 0 heterocycles. The molecule has 0 saturated carbocycles. The minimum absolute atomic E-state index is 0.190. The van der Waals surface area contributed by atoms with Crippen LogP contribution in [-0.2, 0) is 6.42 Å². The lowest BCUT2D eigenvalue weighted by Gasteiger charge is -2.06. The third kappa shape index (κ3) is 4.05. The average Bonchev–Trinajstić information content (AvgIpc) is 2.69. The molecule has 0 fully saturated rings. The summed E-state index contributed by atoms with van der Waals surface area (Å²) in [4.78, 5) is 0. The normalized spacial score (nSPS) is 11.1. The van der Waals surface area contributed by atoms with Gasteiger partial charge in [-0.25, -0.2) is 13.2 Å². The predicted octanol–water partition coefficient (Wildman–Crippen LogP) is 6.51. The summed E-state index contributed by atoms with van der Waals surface area (Å²) in [5, 5.41) is 0. The highest BCUT2D eigenvalue weighted by atomic mass is 19.2. The van der Waals surface area contributed by atoms with Crippen LogP contribution in [0.4, 0.5) is 13.2 Å². The number of halogens is 3. The highest BCUT2D eigenvalue weighted by molar-refractivity contribution is 5.72. The van der Waals surface area contributed by atoms with Gasteiger partial charge in [-0.3, -0.25) is 0 Å². The van der Waals surface area contributed by atoms with Crippen LogP contribution in [0.25, 0.3) is 23.3 Å². The molecule has 0 aliphatic rings. The first-order chi connectivity index (χ1) is 13.0. The zero-order valence-corrected chi connectivity index (χ0v) is 15.1. The Morgan fingerprint density at radius 1 is 0.852 bits per heavy atom. The molecule has 0 atom stereocenters. The summed E-state index contributed by atoms with van der Waals surface area (Å²) >= 11 is 0. The Balaban J connectivity index is 1.82. The molecule has 3 rings (SSSR count). The fraction of sp³-hybridized carbons (Fsp3) is 0.130. The smallest absolute Gasteiger partial charge is 0.166 e. The van der Waals surface area contributed by atoms with Crippen LogP contribution in [-0.4, -0.2) is 7.11 Å². The maximum absolute atomic E-state index is 14.2. The fourth-order valence-electron chi connectivity index (χ4n) is 2.82. The molecular formula is C23H19F3O. The Kier molecular flexibility index (Phi) is 5.65. The van der Waals surface area contributed by atoms with Crippen LogP contribution in [0.2, 0.25) is 0 Å². The van der Waals surface area contributed by atoms with Crippen molar-refractivity contribution in [1.82, 2.24) is 0 Å². The monoisotopic (exact) mass is 368 g/mol. The topological polar surface area (TPSA) is 9.23 Å². The Labute approximate surface area is 156 Å². The van der Waals surface area contributed by atoms with Crippen molar-refractivity contribution < 1.29 is 17.9 Å². The lowest BCUT2D eigenvalue weighted by molar-refractivity contribution is 0.411. The zero-order valence-electron chi connectivity index (χ0n) is 15.1. The molecule has 3 aromatic rings. The molecule has 0 spiro atoms. The van der Waals surface area contributed by atoms with Crippen molar-refractivity contribution in [2.75, 3.05) is 7.11 Å². The van der Waals surface area contributed by atoms with Gasteiger partial charge in [0.2, 0.25) is 0 Å². The van der Waals surface area contributed by atoms with E-state index in [1.807, 2.05) is 0 Å². The van der Waals surface area contributed by atoms with Gasteiger partial charge in [-0.1, -0.05) is 55.5 Å². The SMILES string of the molecule is CCc1ccc(C=Cc2ccc(-c3ccc(OC)cc3F)cc2)c(F)c1F. The Bertz CT molecular complexity index is 976. The van der Waals surface area contributed by atoms with Gasteiger partial charge in [0.1, 0.15) is 11.6 Å². The number of benzene rings is 3. The van der Waals surface area contributed by atoms with Crippen molar-refractivity contribution in [3.63, 3.8) is 0 Å². The first-order valence-electron chi connectivity index (χ1n) is 8.62. The summed E-state index contributed by atoms with van der Waals surface area (Å²) in [5.41, 5.74) is 2.53. The van der Waals surface area contributed by atoms with Gasteiger partial charge in [0.05, 0.1) is 7.11 Å². The number of aryl methyl sites for hydroxylation is 1. The first kappa shape index (κ1) is 18.8. The maximum Gasteiger partial charge on any atom is 0.166 e. The van der Waals surface area contributed by atoms with Gasteiger partial charge >= 0.3 is 0 Å². The van der Waals surface area contributed by atoms with Gasteiger partial charge in [-0.05, 0) is 35.2 Å². The highest BCUT2D eigenvalue weighted by Crippen LogP contribution is 2.27. The highest BCUT2D eigenvalue weighted by Gasteiger charge is 2.10. The van der Waals surface area contributed by atoms with E-state index < -0.39 is 11.6 Å². The van der Waals surface area contributed by atoms with Gasteiger partial charge in [0, 0.05) is 17.2 Å². The van der Waals surface area contributed by atoms with Gasteiger partial charge in [0.25, 0.3) is 0 Å². The third-order valence-electron chi connectivity index (χ3n) is 4.43. The molecule has 0 aliphatic carbocycles. The second-order valence-electron chi connectivity index (χ2n) is 6.10. The molecule has 1 nitrogen and oxygen atoms in total. The number of ether oxygens (including phenoxy) is 1. The molecule has 0 radical (unpaired) electrons. The molecule has 0 N–H and O–H groups in total. The van der Waals surface area contributed by atoms with Crippen molar-refractivity contribution in [2.45, 2.75) is 13.3 Å². The molecule has 0 aliphatic heterocycles. The quantitative estimate of drug-likeness (QED) is 0.466. The average molecular weight is 368 g/mol.